The second kappa shape index (κ2) is 8.50. The zero-order chi connectivity index (χ0) is 21.1. The molecule has 0 saturated carbocycles. The number of hydrogen-bond acceptors (Lipinski definition) is 6. The first-order valence-electron chi connectivity index (χ1n) is 9.23. The number of ketones is 1. The highest BCUT2D eigenvalue weighted by molar-refractivity contribution is 6.02. The number of ether oxygens (including phenoxy) is 3. The minimum absolute atomic E-state index is 0. The molecule has 0 bridgehead atoms. The molecule has 0 fully saturated rings. The van der Waals surface area contributed by atoms with Crippen LogP contribution in [0, 0.1) is 0 Å². The minimum atomic E-state index is -0.785. The molecule has 2 atom stereocenters. The van der Waals surface area contributed by atoms with Gasteiger partial charge in [-0.3, -0.25) is 9.59 Å². The monoisotopic (exact) mass is 394 g/mol. The molecule has 1 unspecified atom stereocenters. The average molecular weight is 394 g/mol. The van der Waals surface area contributed by atoms with Crippen molar-refractivity contribution in [2.45, 2.75) is 58.7 Å². The Balaban J connectivity index is 0.00000420. The number of hydrogen-bond donors (Lipinski definition) is 1. The number of Topliss-reactive ketones (excluding diaryl/α,β-unsaturated/α-hetero) is 1. The Morgan fingerprint density at radius 2 is 1.89 bits per heavy atom. The van der Waals surface area contributed by atoms with Gasteiger partial charge in [0, 0.05) is 14.0 Å². The van der Waals surface area contributed by atoms with Crippen LogP contribution in [-0.4, -0.2) is 54.2 Å². The molecule has 1 N–H and O–H groups in total. The van der Waals surface area contributed by atoms with Gasteiger partial charge in [-0.25, -0.2) is 4.79 Å². The van der Waals surface area contributed by atoms with Gasteiger partial charge in [-0.15, -0.1) is 0 Å². The van der Waals surface area contributed by atoms with E-state index in [9.17, 15) is 14.4 Å². The van der Waals surface area contributed by atoms with E-state index in [4.69, 9.17) is 14.2 Å². The molecule has 0 radical (unpaired) electrons. The Morgan fingerprint density at radius 3 is 2.50 bits per heavy atom. The zero-order valence-electron chi connectivity index (χ0n) is 17.2. The first kappa shape index (κ1) is 21.5. The predicted octanol–water partition coefficient (Wildman–Crippen LogP) is 2.99. The summed E-state index contributed by atoms with van der Waals surface area (Å²) in [6.45, 7) is 8.77. The molecule has 1 heterocycles. The summed E-state index contributed by atoms with van der Waals surface area (Å²) in [6.07, 6.45) is -0.302. The number of nitrogens with zero attached hydrogens (tertiary/aromatic N) is 1. The lowest BCUT2D eigenvalue weighted by atomic mass is 10.0. The molecule has 0 aliphatic carbocycles. The SMILES string of the molecule is CC[C@H](NC(=O)OC(C)(C)C)C(=O)N(C)C(C)C(=O)c1ccc2c(c1)OCO2.[HH]. The lowest BCUT2D eigenvalue weighted by Crippen LogP contribution is -2.52. The normalized spacial score (nSPS) is 14.8. The van der Waals surface area contributed by atoms with Crippen LogP contribution in [0.3, 0.4) is 0 Å². The van der Waals surface area contributed by atoms with E-state index in [2.05, 4.69) is 5.32 Å². The summed E-state index contributed by atoms with van der Waals surface area (Å²) in [5.74, 6) is 0.488. The van der Waals surface area contributed by atoms with E-state index in [0.29, 0.717) is 23.5 Å². The Kier molecular flexibility index (Phi) is 6.53. The molecule has 0 spiro atoms. The fourth-order valence-electron chi connectivity index (χ4n) is 2.69. The lowest BCUT2D eigenvalue weighted by molar-refractivity contribution is -0.133. The third-order valence-electron chi connectivity index (χ3n) is 4.36. The van der Waals surface area contributed by atoms with Crippen LogP contribution >= 0.6 is 0 Å². The number of nitrogens with one attached hydrogen (secondary N) is 1. The highest BCUT2D eigenvalue weighted by Gasteiger charge is 2.30. The number of rotatable bonds is 6. The smallest absolute Gasteiger partial charge is 0.408 e. The number of carbonyl (C=O) groups is 3. The summed E-state index contributed by atoms with van der Waals surface area (Å²) in [5, 5.41) is 2.57. The number of alkyl carbamates (subject to hydrolysis) is 1. The molecule has 1 aromatic rings. The number of carbonyl (C=O) groups excluding carboxylic acids is 3. The number of fused-ring (bicyclic) bond motifs is 1. The summed E-state index contributed by atoms with van der Waals surface area (Å²) in [6, 6.07) is 3.41. The Hall–Kier alpha value is -2.77. The van der Waals surface area contributed by atoms with Gasteiger partial charge < -0.3 is 24.4 Å². The van der Waals surface area contributed by atoms with E-state index in [1.807, 2.05) is 0 Å². The third kappa shape index (κ3) is 5.15. The molecular weight excluding hydrogens is 364 g/mol. The highest BCUT2D eigenvalue weighted by atomic mass is 16.7. The van der Waals surface area contributed by atoms with Gasteiger partial charge in [0.1, 0.15) is 11.6 Å². The van der Waals surface area contributed by atoms with E-state index in [1.54, 1.807) is 52.8 Å². The minimum Gasteiger partial charge on any atom is -0.454 e. The van der Waals surface area contributed by atoms with Crippen LogP contribution in [0.2, 0.25) is 0 Å². The molecule has 2 rings (SSSR count). The summed E-state index contributed by atoms with van der Waals surface area (Å²) in [5.41, 5.74) is -0.246. The maximum absolute atomic E-state index is 12.8. The molecule has 1 aliphatic rings. The second-order valence-corrected chi connectivity index (χ2v) is 7.66. The van der Waals surface area contributed by atoms with Crippen LogP contribution in [0.5, 0.6) is 11.5 Å². The van der Waals surface area contributed by atoms with Gasteiger partial charge in [-0.05, 0) is 52.3 Å². The topological polar surface area (TPSA) is 94.2 Å². The van der Waals surface area contributed by atoms with Gasteiger partial charge in [-0.2, -0.15) is 0 Å². The van der Waals surface area contributed by atoms with Gasteiger partial charge in [0.25, 0.3) is 0 Å². The van der Waals surface area contributed by atoms with E-state index >= 15 is 0 Å². The number of benzene rings is 1. The van der Waals surface area contributed by atoms with Crippen molar-refractivity contribution >= 4 is 17.8 Å². The summed E-state index contributed by atoms with van der Waals surface area (Å²) in [7, 11) is 1.54. The van der Waals surface area contributed by atoms with Crippen LogP contribution in [0.1, 0.15) is 52.8 Å². The summed E-state index contributed by atoms with van der Waals surface area (Å²) < 4.78 is 15.8. The molecular formula is C20H30N2O6. The molecule has 0 aromatic heterocycles. The van der Waals surface area contributed by atoms with Crippen molar-refractivity contribution in [2.24, 2.45) is 0 Å². The third-order valence-corrected chi connectivity index (χ3v) is 4.36. The summed E-state index contributed by atoms with van der Waals surface area (Å²) >= 11 is 0. The molecule has 0 saturated heterocycles. The van der Waals surface area contributed by atoms with Gasteiger partial charge in [-0.1, -0.05) is 6.92 Å². The summed E-state index contributed by atoms with van der Waals surface area (Å²) in [4.78, 5) is 38.9. The molecule has 1 aromatic carbocycles. The molecule has 8 nitrogen and oxygen atoms in total. The van der Waals surface area contributed by atoms with E-state index in [-0.39, 0.29) is 19.9 Å². The van der Waals surface area contributed by atoms with Crippen LogP contribution in [0.25, 0.3) is 0 Å². The van der Waals surface area contributed by atoms with E-state index < -0.39 is 23.8 Å². The average Bonchev–Trinajstić information content (AvgIpc) is 3.09. The van der Waals surface area contributed by atoms with Gasteiger partial charge >= 0.3 is 6.09 Å². The first-order chi connectivity index (χ1) is 13.0. The largest absolute Gasteiger partial charge is 0.454 e. The molecule has 28 heavy (non-hydrogen) atoms. The van der Waals surface area contributed by atoms with Gasteiger partial charge in [0.05, 0.1) is 6.04 Å². The highest BCUT2D eigenvalue weighted by Crippen LogP contribution is 2.33. The van der Waals surface area contributed by atoms with Crippen LogP contribution in [0.15, 0.2) is 18.2 Å². The van der Waals surface area contributed by atoms with Crippen molar-refractivity contribution in [3.8, 4) is 11.5 Å². The van der Waals surface area contributed by atoms with Gasteiger partial charge in [0.15, 0.2) is 17.3 Å². The van der Waals surface area contributed by atoms with Crippen molar-refractivity contribution in [2.75, 3.05) is 13.8 Å². The van der Waals surface area contributed by atoms with E-state index in [0.717, 1.165) is 0 Å². The van der Waals surface area contributed by atoms with E-state index in [1.165, 1.54) is 11.9 Å². The quantitative estimate of drug-likeness (QED) is 0.746. The Morgan fingerprint density at radius 1 is 1.25 bits per heavy atom. The van der Waals surface area contributed by atoms with Crippen LogP contribution < -0.4 is 14.8 Å². The van der Waals surface area contributed by atoms with Crippen molar-refractivity contribution in [1.82, 2.24) is 10.2 Å². The van der Waals surface area contributed by atoms with Crippen molar-refractivity contribution in [3.05, 3.63) is 23.8 Å². The van der Waals surface area contributed by atoms with Crippen LogP contribution in [0.4, 0.5) is 4.79 Å². The lowest BCUT2D eigenvalue weighted by Gasteiger charge is -2.29. The predicted molar refractivity (Wildman–Crippen MR) is 105 cm³/mol. The fourth-order valence-corrected chi connectivity index (χ4v) is 2.69. The molecule has 1 aliphatic heterocycles. The van der Waals surface area contributed by atoms with Crippen LogP contribution in [-0.2, 0) is 9.53 Å². The van der Waals surface area contributed by atoms with Crippen molar-refractivity contribution < 1.29 is 30.0 Å². The zero-order valence-corrected chi connectivity index (χ0v) is 17.2. The van der Waals surface area contributed by atoms with Crippen molar-refractivity contribution in [1.29, 1.82) is 0 Å². The Bertz CT molecular complexity index is 762. The van der Waals surface area contributed by atoms with Gasteiger partial charge in [0.2, 0.25) is 12.7 Å². The number of likely N-dealkylation sites (N-methyl/N-ethyl adjacent to an activating group) is 1. The Labute approximate surface area is 166 Å². The van der Waals surface area contributed by atoms with Crippen molar-refractivity contribution in [3.63, 3.8) is 0 Å². The fraction of sp³-hybridized carbons (Fsp3) is 0.550. The molecule has 156 valence electrons. The molecule has 8 heteroatoms. The second-order valence-electron chi connectivity index (χ2n) is 7.66. The standard InChI is InChI=1S/C20H28N2O6.H2/c1-7-14(21-19(25)28-20(3,4)5)18(24)22(6)12(2)17(23)13-8-9-15-16(10-13)27-11-26-15;/h8-10,12,14H,7,11H2,1-6H3,(H,21,25);1H/t12?,14-;/m0./s1. The molecule has 2 amide bonds. The first-order valence-corrected chi connectivity index (χ1v) is 9.23. The number of amides is 2. The maximum Gasteiger partial charge on any atom is 0.408 e. The maximum atomic E-state index is 12.8.